The summed E-state index contributed by atoms with van der Waals surface area (Å²) in [6.07, 6.45) is 3.64. The summed E-state index contributed by atoms with van der Waals surface area (Å²) in [5.41, 5.74) is 0. The highest BCUT2D eigenvalue weighted by Crippen LogP contribution is 2.04. The Morgan fingerprint density at radius 2 is 2.19 bits per heavy atom. The van der Waals surface area contributed by atoms with Crippen LogP contribution < -0.4 is 15.4 Å². The summed E-state index contributed by atoms with van der Waals surface area (Å²) < 4.78 is 23.8. The molecule has 1 aliphatic heterocycles. The first-order valence-electron chi connectivity index (χ1n) is 5.45. The van der Waals surface area contributed by atoms with E-state index in [0.717, 1.165) is 25.6 Å². The highest BCUT2D eigenvalue weighted by atomic mass is 32.2. The quantitative estimate of drug-likeness (QED) is 0.516. The van der Waals surface area contributed by atoms with E-state index in [9.17, 15) is 13.2 Å². The molecular formula is C9H19N3O3S. The third-order valence-corrected chi connectivity index (χ3v) is 3.12. The molecule has 0 unspecified atom stereocenters. The molecule has 94 valence electrons. The Labute approximate surface area is 96.2 Å². The number of hydrogen-bond donors (Lipinski definition) is 3. The molecule has 0 aromatic heterocycles. The van der Waals surface area contributed by atoms with Crippen LogP contribution in [0.2, 0.25) is 0 Å². The summed E-state index contributed by atoms with van der Waals surface area (Å²) in [5.74, 6) is 0.0110. The van der Waals surface area contributed by atoms with Gasteiger partial charge in [-0.25, -0.2) is 13.1 Å². The Bertz CT molecular complexity index is 323. The molecular weight excluding hydrogens is 230 g/mol. The van der Waals surface area contributed by atoms with Crippen LogP contribution in [0.1, 0.15) is 19.3 Å². The molecule has 0 aliphatic carbocycles. The predicted molar refractivity (Wildman–Crippen MR) is 61.5 cm³/mol. The molecule has 0 aromatic rings. The molecule has 16 heavy (non-hydrogen) atoms. The summed E-state index contributed by atoms with van der Waals surface area (Å²) in [6.45, 7) is 1.75. The molecule has 1 saturated heterocycles. The minimum Gasteiger partial charge on any atom is -0.355 e. The minimum atomic E-state index is -3.12. The number of hydrogen-bond acceptors (Lipinski definition) is 4. The molecule has 1 fully saturated rings. The molecule has 1 heterocycles. The van der Waals surface area contributed by atoms with Crippen molar-refractivity contribution in [2.24, 2.45) is 0 Å². The first kappa shape index (κ1) is 13.4. The summed E-state index contributed by atoms with van der Waals surface area (Å²) in [4.78, 5) is 11.5. The molecule has 0 radical (unpaired) electrons. The Balaban J connectivity index is 2.04. The van der Waals surface area contributed by atoms with Crippen molar-refractivity contribution >= 4 is 15.9 Å². The van der Waals surface area contributed by atoms with E-state index in [1.165, 1.54) is 0 Å². The van der Waals surface area contributed by atoms with E-state index < -0.39 is 10.0 Å². The van der Waals surface area contributed by atoms with Gasteiger partial charge in [-0.1, -0.05) is 0 Å². The summed E-state index contributed by atoms with van der Waals surface area (Å²) in [6, 6.07) is -0.0668. The standard InChI is InChI=1S/C9H19N3O3S/c1-16(14,15)12-7-3-6-11-9(13)8-4-2-5-10-8/h8,10,12H,2-7H2,1H3,(H,11,13)/t8-/m0/s1. The zero-order chi connectivity index (χ0) is 12.0. The normalized spacial score (nSPS) is 20.9. The number of nitrogens with one attached hydrogen (secondary N) is 3. The lowest BCUT2D eigenvalue weighted by Gasteiger charge is -2.10. The number of amides is 1. The molecule has 1 rings (SSSR count). The lowest BCUT2D eigenvalue weighted by atomic mass is 10.2. The highest BCUT2D eigenvalue weighted by molar-refractivity contribution is 7.88. The van der Waals surface area contributed by atoms with Gasteiger partial charge in [-0.2, -0.15) is 0 Å². The van der Waals surface area contributed by atoms with Crippen LogP contribution in [0.15, 0.2) is 0 Å². The van der Waals surface area contributed by atoms with Crippen molar-refractivity contribution in [1.82, 2.24) is 15.4 Å². The lowest BCUT2D eigenvalue weighted by molar-refractivity contribution is -0.122. The van der Waals surface area contributed by atoms with Gasteiger partial charge in [0.05, 0.1) is 12.3 Å². The van der Waals surface area contributed by atoms with E-state index in [1.807, 2.05) is 0 Å². The van der Waals surface area contributed by atoms with Gasteiger partial charge >= 0.3 is 0 Å². The fourth-order valence-corrected chi connectivity index (χ4v) is 2.10. The number of sulfonamides is 1. The average Bonchev–Trinajstić information content (AvgIpc) is 2.67. The maximum Gasteiger partial charge on any atom is 0.237 e. The fourth-order valence-electron chi connectivity index (χ4n) is 1.59. The molecule has 0 bridgehead atoms. The lowest BCUT2D eigenvalue weighted by Crippen LogP contribution is -2.41. The van der Waals surface area contributed by atoms with Crippen LogP contribution in [0, 0.1) is 0 Å². The smallest absolute Gasteiger partial charge is 0.237 e. The maximum absolute atomic E-state index is 11.5. The third kappa shape index (κ3) is 5.43. The van der Waals surface area contributed by atoms with Crippen LogP contribution in [0.3, 0.4) is 0 Å². The second-order valence-electron chi connectivity index (χ2n) is 3.96. The van der Waals surface area contributed by atoms with Crippen LogP contribution >= 0.6 is 0 Å². The molecule has 1 aliphatic rings. The molecule has 0 saturated carbocycles. The van der Waals surface area contributed by atoms with Crippen molar-refractivity contribution < 1.29 is 13.2 Å². The minimum absolute atomic E-state index is 0.0110. The molecule has 1 atom stereocenters. The molecule has 7 heteroatoms. The van der Waals surface area contributed by atoms with E-state index >= 15 is 0 Å². The topological polar surface area (TPSA) is 87.3 Å². The van der Waals surface area contributed by atoms with Gasteiger partial charge in [-0.15, -0.1) is 0 Å². The number of carbonyl (C=O) groups is 1. The molecule has 6 nitrogen and oxygen atoms in total. The maximum atomic E-state index is 11.5. The average molecular weight is 249 g/mol. The monoisotopic (exact) mass is 249 g/mol. The van der Waals surface area contributed by atoms with Crippen LogP contribution in [-0.4, -0.2) is 46.3 Å². The zero-order valence-corrected chi connectivity index (χ0v) is 10.3. The van der Waals surface area contributed by atoms with Crippen LogP contribution in [0.4, 0.5) is 0 Å². The van der Waals surface area contributed by atoms with Gasteiger partial charge in [0, 0.05) is 13.1 Å². The van der Waals surface area contributed by atoms with E-state index in [-0.39, 0.29) is 11.9 Å². The largest absolute Gasteiger partial charge is 0.355 e. The van der Waals surface area contributed by atoms with E-state index in [0.29, 0.717) is 19.5 Å². The second kappa shape index (κ2) is 6.17. The molecule has 0 spiro atoms. The predicted octanol–water partition coefficient (Wildman–Crippen LogP) is -1.21. The van der Waals surface area contributed by atoms with Gasteiger partial charge in [0.2, 0.25) is 15.9 Å². The summed E-state index contributed by atoms with van der Waals surface area (Å²) in [5, 5.41) is 5.87. The van der Waals surface area contributed by atoms with Crippen molar-refractivity contribution in [3.63, 3.8) is 0 Å². The van der Waals surface area contributed by atoms with Gasteiger partial charge < -0.3 is 10.6 Å². The van der Waals surface area contributed by atoms with Crippen molar-refractivity contribution in [3.05, 3.63) is 0 Å². The third-order valence-electron chi connectivity index (χ3n) is 2.39. The van der Waals surface area contributed by atoms with Crippen molar-refractivity contribution in [3.8, 4) is 0 Å². The van der Waals surface area contributed by atoms with Crippen molar-refractivity contribution in [1.29, 1.82) is 0 Å². The fraction of sp³-hybridized carbons (Fsp3) is 0.889. The number of carbonyl (C=O) groups excluding carboxylic acids is 1. The van der Waals surface area contributed by atoms with E-state index in [2.05, 4.69) is 15.4 Å². The van der Waals surface area contributed by atoms with E-state index in [4.69, 9.17) is 0 Å². The second-order valence-corrected chi connectivity index (χ2v) is 5.79. The first-order valence-corrected chi connectivity index (χ1v) is 7.34. The molecule has 0 aromatic carbocycles. The Hall–Kier alpha value is -0.660. The van der Waals surface area contributed by atoms with Crippen LogP contribution in [0.25, 0.3) is 0 Å². The van der Waals surface area contributed by atoms with E-state index in [1.54, 1.807) is 0 Å². The van der Waals surface area contributed by atoms with Crippen LogP contribution in [-0.2, 0) is 14.8 Å². The van der Waals surface area contributed by atoms with Crippen molar-refractivity contribution in [2.75, 3.05) is 25.9 Å². The Morgan fingerprint density at radius 3 is 2.75 bits per heavy atom. The summed E-state index contributed by atoms with van der Waals surface area (Å²) in [7, 11) is -3.12. The van der Waals surface area contributed by atoms with Crippen LogP contribution in [0.5, 0.6) is 0 Å². The highest BCUT2D eigenvalue weighted by Gasteiger charge is 2.20. The Kier molecular flexibility index (Phi) is 5.17. The molecule has 3 N–H and O–H groups in total. The SMILES string of the molecule is CS(=O)(=O)NCCCNC(=O)[C@@H]1CCCN1. The zero-order valence-electron chi connectivity index (χ0n) is 9.45. The van der Waals surface area contributed by atoms with Crippen molar-refractivity contribution in [2.45, 2.75) is 25.3 Å². The van der Waals surface area contributed by atoms with Gasteiger partial charge in [0.25, 0.3) is 0 Å². The van der Waals surface area contributed by atoms with Gasteiger partial charge in [0.15, 0.2) is 0 Å². The summed E-state index contributed by atoms with van der Waals surface area (Å²) >= 11 is 0. The molecule has 1 amide bonds. The first-order chi connectivity index (χ1) is 7.49. The number of rotatable bonds is 6. The van der Waals surface area contributed by atoms with Gasteiger partial charge in [0.1, 0.15) is 0 Å². The van der Waals surface area contributed by atoms with Gasteiger partial charge in [-0.3, -0.25) is 4.79 Å². The van der Waals surface area contributed by atoms with Gasteiger partial charge in [-0.05, 0) is 25.8 Å². The Morgan fingerprint density at radius 1 is 1.44 bits per heavy atom.